The van der Waals surface area contributed by atoms with Crippen LogP contribution in [0.25, 0.3) is 11.5 Å². The van der Waals surface area contributed by atoms with Gasteiger partial charge < -0.3 is 9.26 Å². The van der Waals surface area contributed by atoms with Crippen molar-refractivity contribution in [3.8, 4) is 17.2 Å². The molecule has 3 heterocycles. The van der Waals surface area contributed by atoms with Crippen LogP contribution in [-0.2, 0) is 16.4 Å². The maximum Gasteiger partial charge on any atom is 0.259 e. The summed E-state index contributed by atoms with van der Waals surface area (Å²) in [4.78, 5) is 8.72. The second kappa shape index (κ2) is 8.30. The highest BCUT2D eigenvalue weighted by molar-refractivity contribution is 7.89. The number of hydrogen-bond donors (Lipinski definition) is 0. The number of sulfonamides is 1. The van der Waals surface area contributed by atoms with Crippen molar-refractivity contribution in [3.63, 3.8) is 0 Å². The number of ether oxygens (including phenoxy) is 1. The van der Waals surface area contributed by atoms with Crippen LogP contribution in [0.4, 0.5) is 0 Å². The smallest absolute Gasteiger partial charge is 0.259 e. The Morgan fingerprint density at radius 2 is 2.17 bits per heavy atom. The number of methoxy groups -OCH3 is 1. The Morgan fingerprint density at radius 3 is 2.97 bits per heavy atom. The second-order valence-corrected chi connectivity index (χ2v) is 8.93. The lowest BCUT2D eigenvalue weighted by Crippen LogP contribution is -2.29. The zero-order chi connectivity index (χ0) is 20.3. The number of nitrogens with zero attached hydrogens (tertiary/aromatic N) is 4. The molecule has 0 N–H and O–H groups in total. The van der Waals surface area contributed by atoms with Crippen molar-refractivity contribution in [2.75, 3.05) is 20.2 Å². The van der Waals surface area contributed by atoms with Crippen LogP contribution in [-0.4, -0.2) is 48.0 Å². The Bertz CT molecular complexity index is 1070. The summed E-state index contributed by atoms with van der Waals surface area (Å²) < 4.78 is 37.8. The predicted octanol–water partition coefficient (Wildman–Crippen LogP) is 2.78. The fourth-order valence-corrected chi connectivity index (χ4v) is 5.02. The highest BCUT2D eigenvalue weighted by atomic mass is 32.2. The van der Waals surface area contributed by atoms with Crippen molar-refractivity contribution >= 4 is 10.0 Å². The van der Waals surface area contributed by atoms with Gasteiger partial charge in [-0.15, -0.1) is 0 Å². The second-order valence-electron chi connectivity index (χ2n) is 6.99. The Labute approximate surface area is 169 Å². The highest BCUT2D eigenvalue weighted by Crippen LogP contribution is 2.28. The molecule has 0 bridgehead atoms. The van der Waals surface area contributed by atoms with Crippen LogP contribution in [0.15, 0.2) is 58.2 Å². The van der Waals surface area contributed by atoms with Crippen molar-refractivity contribution in [2.24, 2.45) is 5.92 Å². The minimum atomic E-state index is -3.52. The first kappa shape index (κ1) is 19.5. The van der Waals surface area contributed by atoms with Crippen molar-refractivity contribution in [1.82, 2.24) is 19.4 Å². The molecule has 1 aliphatic heterocycles. The zero-order valence-electron chi connectivity index (χ0n) is 16.1. The molecule has 0 radical (unpaired) electrons. The molecule has 29 heavy (non-hydrogen) atoms. The summed E-state index contributed by atoms with van der Waals surface area (Å²) >= 11 is 0. The first-order valence-electron chi connectivity index (χ1n) is 9.43. The van der Waals surface area contributed by atoms with Crippen LogP contribution in [0.2, 0.25) is 0 Å². The number of hydrogen-bond acceptors (Lipinski definition) is 7. The van der Waals surface area contributed by atoms with Crippen molar-refractivity contribution in [3.05, 3.63) is 54.6 Å². The standard InChI is InChI=1S/C20H22N4O4S/c1-27-17-5-2-6-18(12-17)29(25,26)24-11-9-15(14-24)7-8-19-22-20(28-23-19)16-4-3-10-21-13-16/h2-6,10,12-13,15H,7-9,11,14H2,1H3. The van der Waals surface area contributed by atoms with E-state index in [1.54, 1.807) is 41.0 Å². The summed E-state index contributed by atoms with van der Waals surface area (Å²) in [5.41, 5.74) is 0.780. The van der Waals surface area contributed by atoms with E-state index in [1.807, 2.05) is 12.1 Å². The molecule has 1 unspecified atom stereocenters. The lowest BCUT2D eigenvalue weighted by atomic mass is 10.0. The normalized spacial score (nSPS) is 17.5. The molecule has 1 aromatic carbocycles. The van der Waals surface area contributed by atoms with Crippen molar-refractivity contribution in [1.29, 1.82) is 0 Å². The molecule has 1 aliphatic rings. The molecule has 1 atom stereocenters. The molecular weight excluding hydrogens is 392 g/mol. The summed E-state index contributed by atoms with van der Waals surface area (Å²) in [6, 6.07) is 10.3. The van der Waals surface area contributed by atoms with E-state index in [1.165, 1.54) is 7.11 Å². The van der Waals surface area contributed by atoms with E-state index in [4.69, 9.17) is 9.26 Å². The highest BCUT2D eigenvalue weighted by Gasteiger charge is 2.32. The molecule has 0 amide bonds. The third-order valence-electron chi connectivity index (χ3n) is 5.08. The number of aryl methyl sites for hydroxylation is 1. The molecule has 9 heteroatoms. The molecule has 152 valence electrons. The molecule has 8 nitrogen and oxygen atoms in total. The van der Waals surface area contributed by atoms with Gasteiger partial charge in [0.2, 0.25) is 10.0 Å². The minimum Gasteiger partial charge on any atom is -0.497 e. The Balaban J connectivity index is 1.36. The molecule has 0 aliphatic carbocycles. The van der Waals surface area contributed by atoms with Crippen LogP contribution in [0, 0.1) is 5.92 Å². The lowest BCUT2D eigenvalue weighted by molar-refractivity contribution is 0.411. The maximum absolute atomic E-state index is 12.9. The Morgan fingerprint density at radius 1 is 1.28 bits per heavy atom. The predicted molar refractivity (Wildman–Crippen MR) is 106 cm³/mol. The first-order chi connectivity index (χ1) is 14.1. The quantitative estimate of drug-likeness (QED) is 0.586. The van der Waals surface area contributed by atoms with Gasteiger partial charge in [-0.1, -0.05) is 11.2 Å². The molecule has 3 aromatic rings. The van der Waals surface area contributed by atoms with E-state index in [0.29, 0.717) is 37.0 Å². The third-order valence-corrected chi connectivity index (χ3v) is 6.94. The summed E-state index contributed by atoms with van der Waals surface area (Å²) in [6.07, 6.45) is 5.62. The fraction of sp³-hybridized carbons (Fsp3) is 0.350. The van der Waals surface area contributed by atoms with E-state index in [9.17, 15) is 8.42 Å². The van der Waals surface area contributed by atoms with E-state index < -0.39 is 10.0 Å². The Kier molecular flexibility index (Phi) is 5.59. The van der Waals surface area contributed by atoms with Crippen molar-refractivity contribution < 1.29 is 17.7 Å². The summed E-state index contributed by atoms with van der Waals surface area (Å²) in [7, 11) is -2.00. The van der Waals surface area contributed by atoms with Gasteiger partial charge in [0.1, 0.15) is 5.75 Å². The van der Waals surface area contributed by atoms with E-state index >= 15 is 0 Å². The molecule has 4 rings (SSSR count). The molecular formula is C20H22N4O4S. The van der Waals surface area contributed by atoms with Crippen LogP contribution < -0.4 is 4.74 Å². The van der Waals surface area contributed by atoms with Gasteiger partial charge >= 0.3 is 0 Å². The zero-order valence-corrected chi connectivity index (χ0v) is 16.9. The van der Waals surface area contributed by atoms with Crippen LogP contribution in [0.5, 0.6) is 5.75 Å². The minimum absolute atomic E-state index is 0.260. The molecule has 0 spiro atoms. The van der Waals surface area contributed by atoms with E-state index in [2.05, 4.69) is 15.1 Å². The van der Waals surface area contributed by atoms with Gasteiger partial charge in [-0.3, -0.25) is 4.98 Å². The van der Waals surface area contributed by atoms with Gasteiger partial charge in [0.05, 0.1) is 17.6 Å². The lowest BCUT2D eigenvalue weighted by Gasteiger charge is -2.17. The van der Waals surface area contributed by atoms with Gasteiger partial charge in [0.25, 0.3) is 5.89 Å². The largest absolute Gasteiger partial charge is 0.497 e. The molecule has 0 saturated carbocycles. The van der Waals surface area contributed by atoms with E-state index in [0.717, 1.165) is 18.4 Å². The first-order valence-corrected chi connectivity index (χ1v) is 10.9. The summed E-state index contributed by atoms with van der Waals surface area (Å²) in [5.74, 6) is 1.86. The van der Waals surface area contributed by atoms with Gasteiger partial charge in [0.15, 0.2) is 5.82 Å². The average molecular weight is 414 g/mol. The molecule has 2 aromatic heterocycles. The summed E-state index contributed by atoms with van der Waals surface area (Å²) in [6.45, 7) is 1.00. The Hall–Kier alpha value is -2.78. The topological polar surface area (TPSA) is 98.4 Å². The molecule has 1 fully saturated rings. The number of rotatable bonds is 7. The van der Waals surface area contributed by atoms with Crippen molar-refractivity contribution in [2.45, 2.75) is 24.2 Å². The van der Waals surface area contributed by atoms with Gasteiger partial charge in [-0.05, 0) is 43.0 Å². The third kappa shape index (κ3) is 4.30. The van der Waals surface area contributed by atoms with E-state index in [-0.39, 0.29) is 10.8 Å². The number of aromatic nitrogens is 3. The maximum atomic E-state index is 12.9. The van der Waals surface area contributed by atoms with Crippen LogP contribution in [0.1, 0.15) is 18.7 Å². The number of benzene rings is 1. The van der Waals surface area contributed by atoms with Gasteiger partial charge in [-0.25, -0.2) is 8.42 Å². The number of pyridine rings is 1. The van der Waals surface area contributed by atoms with Gasteiger partial charge in [0, 0.05) is 38.0 Å². The monoisotopic (exact) mass is 414 g/mol. The van der Waals surface area contributed by atoms with Crippen LogP contribution >= 0.6 is 0 Å². The fourth-order valence-electron chi connectivity index (χ4n) is 3.46. The SMILES string of the molecule is COc1cccc(S(=O)(=O)N2CCC(CCc3noc(-c4cccnc4)n3)C2)c1. The van der Waals surface area contributed by atoms with Crippen LogP contribution in [0.3, 0.4) is 0 Å². The summed E-state index contributed by atoms with van der Waals surface area (Å²) in [5, 5.41) is 4.03. The van der Waals surface area contributed by atoms with Gasteiger partial charge in [-0.2, -0.15) is 9.29 Å². The average Bonchev–Trinajstić information content (AvgIpc) is 3.43. The molecule has 1 saturated heterocycles.